The van der Waals surface area contributed by atoms with Gasteiger partial charge in [-0.2, -0.15) is 0 Å². The molecule has 0 aromatic carbocycles. The fourth-order valence-electron chi connectivity index (χ4n) is 3.98. The summed E-state index contributed by atoms with van der Waals surface area (Å²) in [6.45, 7) is 4.50. The minimum atomic E-state index is -0.232. The quantitative estimate of drug-likeness (QED) is 0.834. The highest BCUT2D eigenvalue weighted by molar-refractivity contribution is 5.80. The Morgan fingerprint density at radius 1 is 1.07 bits per heavy atom. The normalized spacial score (nSPS) is 20.1. The molecule has 2 aliphatic heterocycles. The van der Waals surface area contributed by atoms with E-state index in [1.54, 1.807) is 19.3 Å². The molecule has 8 nitrogen and oxygen atoms in total. The number of anilines is 2. The Labute approximate surface area is 176 Å². The van der Waals surface area contributed by atoms with Crippen LogP contribution >= 0.6 is 0 Å². The summed E-state index contributed by atoms with van der Waals surface area (Å²) in [5.41, 5.74) is 1.66. The van der Waals surface area contributed by atoms with Gasteiger partial charge >= 0.3 is 0 Å². The molecule has 2 amide bonds. The maximum absolute atomic E-state index is 13.0. The Morgan fingerprint density at radius 2 is 1.90 bits per heavy atom. The van der Waals surface area contributed by atoms with Gasteiger partial charge in [0.2, 0.25) is 11.8 Å². The van der Waals surface area contributed by atoms with E-state index >= 15 is 0 Å². The average molecular weight is 409 g/mol. The van der Waals surface area contributed by atoms with Crippen molar-refractivity contribution in [3.05, 3.63) is 48.4 Å². The summed E-state index contributed by atoms with van der Waals surface area (Å²) in [6, 6.07) is 9.55. The minimum Gasteiger partial charge on any atom is -0.368 e. The van der Waals surface area contributed by atoms with Crippen LogP contribution in [0.3, 0.4) is 0 Å². The van der Waals surface area contributed by atoms with Crippen LogP contribution in [0.2, 0.25) is 0 Å². The number of amides is 2. The predicted octanol–water partition coefficient (Wildman–Crippen LogP) is 2.38. The van der Waals surface area contributed by atoms with Crippen LogP contribution in [0.5, 0.6) is 0 Å². The molecule has 2 saturated heterocycles. The van der Waals surface area contributed by atoms with Gasteiger partial charge in [-0.25, -0.2) is 4.98 Å². The van der Waals surface area contributed by atoms with E-state index in [9.17, 15) is 9.59 Å². The Morgan fingerprint density at radius 3 is 2.57 bits per heavy atom. The third-order valence-corrected chi connectivity index (χ3v) is 5.72. The average Bonchev–Trinajstić information content (AvgIpc) is 2.80. The van der Waals surface area contributed by atoms with Gasteiger partial charge in [-0.15, -0.1) is 0 Å². The van der Waals surface area contributed by atoms with Crippen LogP contribution in [0.1, 0.15) is 31.6 Å². The van der Waals surface area contributed by atoms with Crippen LogP contribution in [-0.2, 0) is 14.3 Å². The number of likely N-dealkylation sites (tertiary alicyclic amines) is 1. The van der Waals surface area contributed by atoms with Crippen LogP contribution in [0.25, 0.3) is 0 Å². The van der Waals surface area contributed by atoms with Gasteiger partial charge in [0, 0.05) is 38.7 Å². The fraction of sp³-hybridized carbons (Fsp3) is 0.455. The van der Waals surface area contributed by atoms with Gasteiger partial charge in [-0.05, 0) is 37.1 Å². The molecular formula is C22H27N5O3. The molecule has 4 heterocycles. The Bertz CT molecular complexity index is 866. The van der Waals surface area contributed by atoms with Gasteiger partial charge in [-0.1, -0.05) is 6.07 Å². The summed E-state index contributed by atoms with van der Waals surface area (Å²) in [5.74, 6) is 0.991. The first-order chi connectivity index (χ1) is 14.6. The van der Waals surface area contributed by atoms with Crippen molar-refractivity contribution in [2.24, 2.45) is 5.92 Å². The van der Waals surface area contributed by atoms with Crippen molar-refractivity contribution in [3.63, 3.8) is 0 Å². The van der Waals surface area contributed by atoms with Crippen LogP contribution in [0.15, 0.2) is 42.7 Å². The molecule has 0 radical (unpaired) electrons. The standard InChI is InChI=1S/C22H27N5O3/c1-16(28)26-10-7-17(8-11-26)22(29)27-12-13-30-20(15-27)19-6-5-18(14-24-19)25-21-4-2-3-9-23-21/h2-6,9,14,17,20H,7-8,10-13,15H2,1H3,(H,23,25). The summed E-state index contributed by atoms with van der Waals surface area (Å²) in [5, 5.41) is 3.21. The number of morpholine rings is 1. The number of ether oxygens (including phenoxy) is 1. The summed E-state index contributed by atoms with van der Waals surface area (Å²) in [6.07, 6.45) is 4.71. The number of piperidine rings is 1. The van der Waals surface area contributed by atoms with Crippen LogP contribution in [0, 0.1) is 5.92 Å². The second kappa shape index (κ2) is 9.21. The fourth-order valence-corrected chi connectivity index (χ4v) is 3.98. The van der Waals surface area contributed by atoms with Gasteiger partial charge < -0.3 is 19.9 Å². The Hall–Kier alpha value is -3.00. The molecule has 1 N–H and O–H groups in total. The number of nitrogens with zero attached hydrogens (tertiary/aromatic N) is 4. The molecule has 0 spiro atoms. The first kappa shape index (κ1) is 20.3. The van der Waals surface area contributed by atoms with Crippen molar-refractivity contribution >= 4 is 23.3 Å². The molecule has 2 aliphatic rings. The third kappa shape index (κ3) is 4.76. The SMILES string of the molecule is CC(=O)N1CCC(C(=O)N2CCOC(c3ccc(Nc4ccccn4)cn3)C2)CC1. The summed E-state index contributed by atoms with van der Waals surface area (Å²) in [7, 11) is 0. The number of rotatable bonds is 4. The first-order valence-electron chi connectivity index (χ1n) is 10.4. The molecule has 0 aliphatic carbocycles. The van der Waals surface area contributed by atoms with Gasteiger partial charge in [0.15, 0.2) is 0 Å². The molecule has 2 fully saturated rings. The molecule has 0 bridgehead atoms. The lowest BCUT2D eigenvalue weighted by atomic mass is 9.94. The molecule has 8 heteroatoms. The maximum Gasteiger partial charge on any atom is 0.225 e. The number of hydrogen-bond donors (Lipinski definition) is 1. The zero-order valence-electron chi connectivity index (χ0n) is 17.2. The minimum absolute atomic E-state index is 0.0164. The Balaban J connectivity index is 1.34. The van der Waals surface area contributed by atoms with Crippen molar-refractivity contribution in [1.82, 2.24) is 19.8 Å². The topological polar surface area (TPSA) is 87.7 Å². The van der Waals surface area contributed by atoms with Gasteiger partial charge in [-0.3, -0.25) is 14.6 Å². The summed E-state index contributed by atoms with van der Waals surface area (Å²) >= 11 is 0. The molecule has 0 saturated carbocycles. The predicted molar refractivity (Wildman–Crippen MR) is 112 cm³/mol. The number of hydrogen-bond acceptors (Lipinski definition) is 6. The lowest BCUT2D eigenvalue weighted by molar-refractivity contribution is -0.146. The first-order valence-corrected chi connectivity index (χ1v) is 10.4. The molecule has 158 valence electrons. The van der Waals surface area contributed by atoms with Gasteiger partial charge in [0.25, 0.3) is 0 Å². The van der Waals surface area contributed by atoms with E-state index < -0.39 is 0 Å². The molecule has 1 atom stereocenters. The van der Waals surface area contributed by atoms with E-state index in [1.807, 2.05) is 40.1 Å². The van der Waals surface area contributed by atoms with Crippen molar-refractivity contribution in [2.45, 2.75) is 25.9 Å². The maximum atomic E-state index is 13.0. The zero-order chi connectivity index (χ0) is 20.9. The van der Waals surface area contributed by atoms with Gasteiger partial charge in [0.05, 0.1) is 30.7 Å². The van der Waals surface area contributed by atoms with Gasteiger partial charge in [0.1, 0.15) is 11.9 Å². The zero-order valence-corrected chi connectivity index (χ0v) is 17.2. The molecular weight excluding hydrogens is 382 g/mol. The van der Waals surface area contributed by atoms with E-state index in [0.29, 0.717) is 32.8 Å². The number of nitrogens with one attached hydrogen (secondary N) is 1. The molecule has 2 aromatic rings. The van der Waals surface area contributed by atoms with E-state index in [2.05, 4.69) is 15.3 Å². The molecule has 30 heavy (non-hydrogen) atoms. The highest BCUT2D eigenvalue weighted by atomic mass is 16.5. The van der Waals surface area contributed by atoms with E-state index in [1.165, 1.54) is 0 Å². The number of pyridine rings is 2. The highest BCUT2D eigenvalue weighted by Gasteiger charge is 2.33. The summed E-state index contributed by atoms with van der Waals surface area (Å²) < 4.78 is 5.90. The number of carbonyl (C=O) groups excluding carboxylic acids is 2. The largest absolute Gasteiger partial charge is 0.368 e. The van der Waals surface area contributed by atoms with Crippen LogP contribution in [0.4, 0.5) is 11.5 Å². The number of aromatic nitrogens is 2. The lowest BCUT2D eigenvalue weighted by Crippen LogP contribution is -2.48. The van der Waals surface area contributed by atoms with E-state index in [0.717, 1.165) is 30.0 Å². The van der Waals surface area contributed by atoms with Crippen LogP contribution < -0.4 is 5.32 Å². The molecule has 1 unspecified atom stereocenters. The van der Waals surface area contributed by atoms with E-state index in [4.69, 9.17) is 4.74 Å². The van der Waals surface area contributed by atoms with Crippen molar-refractivity contribution in [3.8, 4) is 0 Å². The molecule has 4 rings (SSSR count). The smallest absolute Gasteiger partial charge is 0.225 e. The third-order valence-electron chi connectivity index (χ3n) is 5.72. The molecule has 2 aromatic heterocycles. The second-order valence-electron chi connectivity index (χ2n) is 7.74. The Kier molecular flexibility index (Phi) is 6.23. The summed E-state index contributed by atoms with van der Waals surface area (Å²) in [4.78, 5) is 37.0. The second-order valence-corrected chi connectivity index (χ2v) is 7.74. The van der Waals surface area contributed by atoms with Crippen molar-refractivity contribution < 1.29 is 14.3 Å². The van der Waals surface area contributed by atoms with Crippen LogP contribution in [-0.4, -0.2) is 64.4 Å². The monoisotopic (exact) mass is 409 g/mol. The lowest BCUT2D eigenvalue weighted by Gasteiger charge is -2.37. The van der Waals surface area contributed by atoms with Crippen molar-refractivity contribution in [2.75, 3.05) is 38.1 Å². The highest BCUT2D eigenvalue weighted by Crippen LogP contribution is 2.26. The van der Waals surface area contributed by atoms with Crippen molar-refractivity contribution in [1.29, 1.82) is 0 Å². The number of carbonyl (C=O) groups is 2. The van der Waals surface area contributed by atoms with E-state index in [-0.39, 0.29) is 23.8 Å².